The average molecular weight is 272 g/mol. The van der Waals surface area contributed by atoms with Gasteiger partial charge < -0.3 is 10.0 Å². The first kappa shape index (κ1) is 14.1. The molecule has 2 rings (SSSR count). The van der Waals surface area contributed by atoms with Crippen molar-refractivity contribution in [3.8, 4) is 6.07 Å². The number of carbonyl (C=O) groups excluding carboxylic acids is 1. The molecule has 0 spiro atoms. The molecule has 0 aromatic heterocycles. The van der Waals surface area contributed by atoms with E-state index >= 15 is 0 Å². The van der Waals surface area contributed by atoms with Crippen molar-refractivity contribution in [2.45, 2.75) is 26.7 Å². The Labute approximate surface area is 117 Å². The number of carboxylic acid groups (broad SMARTS) is 1. The molecule has 20 heavy (non-hydrogen) atoms. The monoisotopic (exact) mass is 272 g/mol. The number of rotatable bonds is 4. The Kier molecular flexibility index (Phi) is 3.49. The number of fused-ring (bicyclic) bond motifs is 1. The molecule has 0 saturated carbocycles. The van der Waals surface area contributed by atoms with Crippen LogP contribution in [0.4, 0.5) is 5.69 Å². The van der Waals surface area contributed by atoms with Gasteiger partial charge in [0.1, 0.15) is 0 Å². The van der Waals surface area contributed by atoms with Crippen LogP contribution in [-0.2, 0) is 11.2 Å². The summed E-state index contributed by atoms with van der Waals surface area (Å²) in [5.41, 5.74) is 1.16. The first-order valence-corrected chi connectivity index (χ1v) is 6.42. The maximum atomic E-state index is 12.0. The Balaban J connectivity index is 2.25. The van der Waals surface area contributed by atoms with Crippen molar-refractivity contribution in [2.24, 2.45) is 5.41 Å². The number of nitriles is 1. The molecule has 104 valence electrons. The molecule has 0 aliphatic carbocycles. The van der Waals surface area contributed by atoms with E-state index in [1.807, 2.05) is 13.8 Å². The van der Waals surface area contributed by atoms with Crippen LogP contribution in [0, 0.1) is 16.7 Å². The van der Waals surface area contributed by atoms with E-state index in [1.165, 1.54) is 12.1 Å². The minimum absolute atomic E-state index is 0.0451. The van der Waals surface area contributed by atoms with E-state index < -0.39 is 11.4 Å². The minimum atomic E-state index is -1.01. The van der Waals surface area contributed by atoms with E-state index in [9.17, 15) is 9.59 Å². The van der Waals surface area contributed by atoms with Crippen molar-refractivity contribution >= 4 is 17.6 Å². The van der Waals surface area contributed by atoms with Gasteiger partial charge in [0, 0.05) is 12.2 Å². The summed E-state index contributed by atoms with van der Waals surface area (Å²) in [5, 5.41) is 18.0. The van der Waals surface area contributed by atoms with E-state index in [-0.39, 0.29) is 11.5 Å². The summed E-state index contributed by atoms with van der Waals surface area (Å²) < 4.78 is 0. The third kappa shape index (κ3) is 2.64. The van der Waals surface area contributed by atoms with Gasteiger partial charge >= 0.3 is 5.97 Å². The van der Waals surface area contributed by atoms with Crippen molar-refractivity contribution in [1.82, 2.24) is 0 Å². The lowest BCUT2D eigenvalue weighted by molar-refractivity contribution is -0.117. The largest absolute Gasteiger partial charge is 0.478 e. The molecule has 1 heterocycles. The second-order valence-electron chi connectivity index (χ2n) is 5.62. The van der Waals surface area contributed by atoms with Crippen molar-refractivity contribution in [2.75, 3.05) is 11.4 Å². The van der Waals surface area contributed by atoms with Gasteiger partial charge in [0.2, 0.25) is 5.91 Å². The number of aromatic carboxylic acids is 1. The summed E-state index contributed by atoms with van der Waals surface area (Å²) in [5.74, 6) is -1.05. The molecule has 1 N–H and O–H groups in total. The Morgan fingerprint density at radius 1 is 1.50 bits per heavy atom. The molecule has 0 fully saturated rings. The van der Waals surface area contributed by atoms with Crippen LogP contribution in [0.1, 0.15) is 36.2 Å². The number of carboxylic acids is 1. The van der Waals surface area contributed by atoms with Crippen LogP contribution < -0.4 is 4.90 Å². The lowest BCUT2D eigenvalue weighted by Crippen LogP contribution is -2.30. The molecule has 0 atom stereocenters. The molecule has 5 heteroatoms. The number of carbonyl (C=O) groups is 2. The highest BCUT2D eigenvalue weighted by atomic mass is 16.4. The Morgan fingerprint density at radius 2 is 2.20 bits per heavy atom. The molecular weight excluding hydrogens is 256 g/mol. The van der Waals surface area contributed by atoms with Gasteiger partial charge in [0.05, 0.1) is 23.5 Å². The van der Waals surface area contributed by atoms with Gasteiger partial charge in [-0.05, 0) is 38.0 Å². The van der Waals surface area contributed by atoms with Gasteiger partial charge in [-0.15, -0.1) is 0 Å². The zero-order valence-corrected chi connectivity index (χ0v) is 11.5. The average Bonchev–Trinajstić information content (AvgIpc) is 2.71. The Morgan fingerprint density at radius 3 is 2.80 bits per heavy atom. The number of anilines is 1. The molecule has 0 unspecified atom stereocenters. The molecule has 1 aliphatic rings. The third-order valence-electron chi connectivity index (χ3n) is 3.53. The van der Waals surface area contributed by atoms with E-state index in [2.05, 4.69) is 6.07 Å². The van der Waals surface area contributed by atoms with Gasteiger partial charge in [-0.25, -0.2) is 4.79 Å². The highest BCUT2D eigenvalue weighted by Crippen LogP contribution is 2.31. The summed E-state index contributed by atoms with van der Waals surface area (Å²) in [7, 11) is 0. The second kappa shape index (κ2) is 4.97. The smallest absolute Gasteiger partial charge is 0.335 e. The molecule has 0 bridgehead atoms. The molecule has 1 aliphatic heterocycles. The van der Waals surface area contributed by atoms with Crippen LogP contribution in [-0.4, -0.2) is 23.5 Å². The Hall–Kier alpha value is -2.35. The highest BCUT2D eigenvalue weighted by molar-refractivity contribution is 6.03. The quantitative estimate of drug-likeness (QED) is 0.911. The molecule has 1 amide bonds. The lowest BCUT2D eigenvalue weighted by Gasteiger charge is -2.22. The molecule has 5 nitrogen and oxygen atoms in total. The maximum Gasteiger partial charge on any atom is 0.335 e. The number of amides is 1. The van der Waals surface area contributed by atoms with E-state index in [1.54, 1.807) is 11.0 Å². The van der Waals surface area contributed by atoms with Crippen LogP contribution in [0.5, 0.6) is 0 Å². The summed E-state index contributed by atoms with van der Waals surface area (Å²) in [4.78, 5) is 24.6. The summed E-state index contributed by atoms with van der Waals surface area (Å²) in [6.45, 7) is 4.07. The number of hydrogen-bond acceptors (Lipinski definition) is 3. The number of hydrogen-bond donors (Lipinski definition) is 1. The van der Waals surface area contributed by atoms with E-state index in [0.717, 1.165) is 5.56 Å². The van der Waals surface area contributed by atoms with Gasteiger partial charge in [-0.1, -0.05) is 6.07 Å². The zero-order valence-electron chi connectivity index (χ0n) is 11.5. The molecular formula is C15H16N2O3. The first-order valence-electron chi connectivity index (χ1n) is 6.42. The van der Waals surface area contributed by atoms with Crippen molar-refractivity contribution in [1.29, 1.82) is 5.26 Å². The van der Waals surface area contributed by atoms with Crippen LogP contribution in [0.2, 0.25) is 0 Å². The zero-order chi connectivity index (χ0) is 14.9. The lowest BCUT2D eigenvalue weighted by atomic mass is 9.91. The summed E-state index contributed by atoms with van der Waals surface area (Å²) in [6, 6.07) is 6.93. The van der Waals surface area contributed by atoms with Crippen LogP contribution in [0.15, 0.2) is 18.2 Å². The SMILES string of the molecule is CC(C)(C#N)CCN1C(=O)Cc2ccc(C(=O)O)cc21. The first-order chi connectivity index (χ1) is 9.34. The van der Waals surface area contributed by atoms with E-state index in [4.69, 9.17) is 10.4 Å². The van der Waals surface area contributed by atoms with Gasteiger partial charge in [0.25, 0.3) is 0 Å². The fourth-order valence-corrected chi connectivity index (χ4v) is 2.18. The third-order valence-corrected chi connectivity index (χ3v) is 3.53. The Bertz CT molecular complexity index is 614. The topological polar surface area (TPSA) is 81.4 Å². The van der Waals surface area contributed by atoms with Crippen LogP contribution in [0.3, 0.4) is 0 Å². The normalized spacial score (nSPS) is 14.1. The maximum absolute atomic E-state index is 12.0. The van der Waals surface area contributed by atoms with Crippen molar-refractivity contribution in [3.63, 3.8) is 0 Å². The fourth-order valence-electron chi connectivity index (χ4n) is 2.18. The standard InChI is InChI=1S/C15H16N2O3/c1-15(2,9-16)5-6-17-12-7-11(14(19)20)4-3-10(12)8-13(17)18/h3-4,7H,5-6,8H2,1-2H3,(H,19,20). The fraction of sp³-hybridized carbons (Fsp3) is 0.400. The molecule has 0 saturated heterocycles. The summed E-state index contributed by atoms with van der Waals surface area (Å²) >= 11 is 0. The van der Waals surface area contributed by atoms with Gasteiger partial charge in [-0.3, -0.25) is 4.79 Å². The predicted molar refractivity (Wildman–Crippen MR) is 73.5 cm³/mol. The molecule has 1 aromatic carbocycles. The van der Waals surface area contributed by atoms with Crippen molar-refractivity contribution in [3.05, 3.63) is 29.3 Å². The van der Waals surface area contributed by atoms with Gasteiger partial charge in [0.15, 0.2) is 0 Å². The molecule has 1 aromatic rings. The predicted octanol–water partition coefficient (Wildman–Crippen LogP) is 2.21. The van der Waals surface area contributed by atoms with E-state index in [0.29, 0.717) is 25.1 Å². The molecule has 0 radical (unpaired) electrons. The van der Waals surface area contributed by atoms with Crippen LogP contribution >= 0.6 is 0 Å². The summed E-state index contributed by atoms with van der Waals surface area (Å²) in [6.07, 6.45) is 0.841. The van der Waals surface area contributed by atoms with Crippen LogP contribution in [0.25, 0.3) is 0 Å². The number of nitrogens with zero attached hydrogens (tertiary/aromatic N) is 2. The van der Waals surface area contributed by atoms with Gasteiger partial charge in [-0.2, -0.15) is 5.26 Å². The highest BCUT2D eigenvalue weighted by Gasteiger charge is 2.29. The van der Waals surface area contributed by atoms with Crippen molar-refractivity contribution < 1.29 is 14.7 Å². The minimum Gasteiger partial charge on any atom is -0.478 e. The second-order valence-corrected chi connectivity index (χ2v) is 5.62. The number of benzene rings is 1.